The molecule has 2 aromatic rings. The molecular formula is C12H15N5OS. The normalized spacial score (nSPS) is 10.4. The SMILES string of the molecule is Cn1ncnc1SCc1ccccc1CC(=O)NN. The van der Waals surface area contributed by atoms with Crippen LogP contribution in [0.5, 0.6) is 0 Å². The Bertz CT molecular complexity index is 569. The van der Waals surface area contributed by atoms with Gasteiger partial charge in [0, 0.05) is 12.8 Å². The number of nitrogens with zero attached hydrogens (tertiary/aromatic N) is 3. The first-order chi connectivity index (χ1) is 9.20. The lowest BCUT2D eigenvalue weighted by Crippen LogP contribution is -2.31. The van der Waals surface area contributed by atoms with Crippen LogP contribution >= 0.6 is 11.8 Å². The monoisotopic (exact) mass is 277 g/mol. The van der Waals surface area contributed by atoms with Crippen molar-refractivity contribution in [1.82, 2.24) is 20.2 Å². The molecule has 100 valence electrons. The molecule has 0 bridgehead atoms. The topological polar surface area (TPSA) is 85.8 Å². The highest BCUT2D eigenvalue weighted by Crippen LogP contribution is 2.22. The van der Waals surface area contributed by atoms with E-state index in [-0.39, 0.29) is 12.3 Å². The first-order valence-electron chi connectivity index (χ1n) is 5.73. The second-order valence-electron chi connectivity index (χ2n) is 3.97. The van der Waals surface area contributed by atoms with E-state index >= 15 is 0 Å². The van der Waals surface area contributed by atoms with Crippen LogP contribution in [-0.2, 0) is 24.0 Å². The lowest BCUT2D eigenvalue weighted by Gasteiger charge is -2.08. The number of amides is 1. The van der Waals surface area contributed by atoms with Gasteiger partial charge in [0.05, 0.1) is 6.42 Å². The van der Waals surface area contributed by atoms with Gasteiger partial charge in [-0.05, 0) is 11.1 Å². The molecule has 7 heteroatoms. The second-order valence-corrected chi connectivity index (χ2v) is 4.91. The summed E-state index contributed by atoms with van der Waals surface area (Å²) in [7, 11) is 1.85. The number of hydrogen-bond donors (Lipinski definition) is 2. The average Bonchev–Trinajstić information content (AvgIpc) is 2.83. The van der Waals surface area contributed by atoms with Crippen LogP contribution < -0.4 is 11.3 Å². The van der Waals surface area contributed by atoms with Crippen LogP contribution in [0.4, 0.5) is 0 Å². The fourth-order valence-corrected chi connectivity index (χ4v) is 2.58. The number of thioether (sulfide) groups is 1. The van der Waals surface area contributed by atoms with Gasteiger partial charge in [0.2, 0.25) is 5.91 Å². The van der Waals surface area contributed by atoms with Crippen molar-refractivity contribution in [3.05, 3.63) is 41.7 Å². The van der Waals surface area contributed by atoms with Crippen LogP contribution in [0.2, 0.25) is 0 Å². The fourth-order valence-electron chi connectivity index (χ4n) is 1.65. The number of carbonyl (C=O) groups is 1. The molecule has 0 aliphatic heterocycles. The molecule has 2 rings (SSSR count). The molecule has 0 atom stereocenters. The number of hydrazine groups is 1. The van der Waals surface area contributed by atoms with Gasteiger partial charge >= 0.3 is 0 Å². The molecule has 1 heterocycles. The Morgan fingerprint density at radius 3 is 2.79 bits per heavy atom. The molecule has 0 radical (unpaired) electrons. The minimum Gasteiger partial charge on any atom is -0.294 e. The van der Waals surface area contributed by atoms with E-state index in [0.717, 1.165) is 22.0 Å². The van der Waals surface area contributed by atoms with Gasteiger partial charge in [0.25, 0.3) is 0 Å². The molecule has 1 aromatic heterocycles. The van der Waals surface area contributed by atoms with Gasteiger partial charge in [-0.15, -0.1) is 0 Å². The fraction of sp³-hybridized carbons (Fsp3) is 0.250. The van der Waals surface area contributed by atoms with E-state index in [1.165, 1.54) is 6.33 Å². The summed E-state index contributed by atoms with van der Waals surface area (Å²) < 4.78 is 1.72. The standard InChI is InChI=1S/C12H15N5OS/c1-17-12(14-8-15-17)19-7-10-5-3-2-4-9(10)6-11(18)16-13/h2-5,8H,6-7,13H2,1H3,(H,16,18). The van der Waals surface area contributed by atoms with E-state index in [1.54, 1.807) is 16.4 Å². The van der Waals surface area contributed by atoms with Crippen LogP contribution in [0.25, 0.3) is 0 Å². The Balaban J connectivity index is 2.07. The predicted octanol–water partition coefficient (Wildman–Crippen LogP) is 0.640. The Morgan fingerprint density at radius 1 is 1.42 bits per heavy atom. The van der Waals surface area contributed by atoms with Crippen molar-refractivity contribution < 1.29 is 4.79 Å². The lowest BCUT2D eigenvalue weighted by atomic mass is 10.1. The minimum atomic E-state index is -0.198. The molecule has 6 nitrogen and oxygen atoms in total. The highest BCUT2D eigenvalue weighted by atomic mass is 32.2. The van der Waals surface area contributed by atoms with Crippen molar-refractivity contribution in [1.29, 1.82) is 0 Å². The third-order valence-electron chi connectivity index (χ3n) is 2.66. The summed E-state index contributed by atoms with van der Waals surface area (Å²) >= 11 is 1.58. The molecule has 0 saturated carbocycles. The number of aromatic nitrogens is 3. The molecule has 0 aliphatic carbocycles. The van der Waals surface area contributed by atoms with E-state index in [1.807, 2.05) is 31.3 Å². The van der Waals surface area contributed by atoms with E-state index in [0.29, 0.717) is 0 Å². The average molecular weight is 277 g/mol. The Labute approximate surface area is 115 Å². The number of nitrogens with one attached hydrogen (secondary N) is 1. The maximum atomic E-state index is 11.4. The first-order valence-corrected chi connectivity index (χ1v) is 6.72. The van der Waals surface area contributed by atoms with Crippen LogP contribution in [0.3, 0.4) is 0 Å². The second kappa shape index (κ2) is 6.35. The maximum Gasteiger partial charge on any atom is 0.238 e. The van der Waals surface area contributed by atoms with Crippen molar-refractivity contribution in [2.45, 2.75) is 17.3 Å². The van der Waals surface area contributed by atoms with Gasteiger partial charge in [-0.3, -0.25) is 10.2 Å². The molecule has 0 unspecified atom stereocenters. The van der Waals surface area contributed by atoms with Crippen molar-refractivity contribution in [3.8, 4) is 0 Å². The summed E-state index contributed by atoms with van der Waals surface area (Å²) in [6, 6.07) is 7.80. The molecule has 1 amide bonds. The van der Waals surface area contributed by atoms with Gasteiger partial charge < -0.3 is 0 Å². The third kappa shape index (κ3) is 3.55. The molecule has 0 saturated heterocycles. The van der Waals surface area contributed by atoms with Crippen molar-refractivity contribution in [2.24, 2.45) is 12.9 Å². The van der Waals surface area contributed by atoms with Gasteiger partial charge in [-0.1, -0.05) is 36.0 Å². The molecule has 0 spiro atoms. The maximum absolute atomic E-state index is 11.4. The summed E-state index contributed by atoms with van der Waals surface area (Å²) in [4.78, 5) is 15.5. The molecule has 19 heavy (non-hydrogen) atoms. The number of nitrogens with two attached hydrogens (primary N) is 1. The molecule has 3 N–H and O–H groups in total. The molecule has 0 fully saturated rings. The Morgan fingerprint density at radius 2 is 2.16 bits per heavy atom. The third-order valence-corrected chi connectivity index (χ3v) is 3.74. The van der Waals surface area contributed by atoms with Gasteiger partial charge in [-0.25, -0.2) is 15.5 Å². The Kier molecular flexibility index (Phi) is 4.53. The molecule has 1 aromatic carbocycles. The minimum absolute atomic E-state index is 0.198. The van der Waals surface area contributed by atoms with Crippen LogP contribution in [0, 0.1) is 0 Å². The van der Waals surface area contributed by atoms with Crippen molar-refractivity contribution >= 4 is 17.7 Å². The van der Waals surface area contributed by atoms with Crippen molar-refractivity contribution in [3.63, 3.8) is 0 Å². The highest BCUT2D eigenvalue weighted by molar-refractivity contribution is 7.98. The number of benzene rings is 1. The zero-order valence-corrected chi connectivity index (χ0v) is 11.4. The smallest absolute Gasteiger partial charge is 0.238 e. The number of carbonyl (C=O) groups excluding carboxylic acids is 1. The van der Waals surface area contributed by atoms with Crippen molar-refractivity contribution in [2.75, 3.05) is 0 Å². The van der Waals surface area contributed by atoms with E-state index in [9.17, 15) is 4.79 Å². The highest BCUT2D eigenvalue weighted by Gasteiger charge is 2.08. The number of aryl methyl sites for hydroxylation is 1. The zero-order valence-electron chi connectivity index (χ0n) is 10.5. The summed E-state index contributed by atoms with van der Waals surface area (Å²) in [5, 5.41) is 4.86. The Hall–Kier alpha value is -1.86. The van der Waals surface area contributed by atoms with Gasteiger partial charge in [0.15, 0.2) is 5.16 Å². The van der Waals surface area contributed by atoms with Crippen LogP contribution in [0.15, 0.2) is 35.7 Å². The van der Waals surface area contributed by atoms with E-state index in [4.69, 9.17) is 5.84 Å². The van der Waals surface area contributed by atoms with Gasteiger partial charge in [0.1, 0.15) is 6.33 Å². The summed E-state index contributed by atoms with van der Waals surface area (Å²) in [5.74, 6) is 5.65. The van der Waals surface area contributed by atoms with Gasteiger partial charge in [-0.2, -0.15) is 5.10 Å². The summed E-state index contributed by atoms with van der Waals surface area (Å²) in [6.45, 7) is 0. The largest absolute Gasteiger partial charge is 0.294 e. The number of hydrogen-bond acceptors (Lipinski definition) is 5. The number of rotatable bonds is 5. The van der Waals surface area contributed by atoms with Crippen LogP contribution in [-0.4, -0.2) is 20.7 Å². The summed E-state index contributed by atoms with van der Waals surface area (Å²) in [5.41, 5.74) is 4.22. The zero-order chi connectivity index (χ0) is 13.7. The lowest BCUT2D eigenvalue weighted by molar-refractivity contribution is -0.120. The predicted molar refractivity (Wildman–Crippen MR) is 73.0 cm³/mol. The molecular weight excluding hydrogens is 262 g/mol. The van der Waals surface area contributed by atoms with E-state index < -0.39 is 0 Å². The van der Waals surface area contributed by atoms with E-state index in [2.05, 4.69) is 15.5 Å². The first kappa shape index (κ1) is 13.6. The van der Waals surface area contributed by atoms with Crippen LogP contribution in [0.1, 0.15) is 11.1 Å². The molecule has 0 aliphatic rings. The quantitative estimate of drug-likeness (QED) is 0.362. The summed E-state index contributed by atoms with van der Waals surface area (Å²) in [6.07, 6.45) is 1.81.